The van der Waals surface area contributed by atoms with Crippen molar-refractivity contribution in [1.29, 1.82) is 0 Å². The molecule has 0 saturated heterocycles. The summed E-state index contributed by atoms with van der Waals surface area (Å²) in [6, 6.07) is -0.527. The van der Waals surface area contributed by atoms with Crippen molar-refractivity contribution in [3.8, 4) is 0 Å². The zero-order chi connectivity index (χ0) is 14.5. The van der Waals surface area contributed by atoms with Crippen LogP contribution in [0.2, 0.25) is 0 Å². The summed E-state index contributed by atoms with van der Waals surface area (Å²) in [5.74, 6) is -2.16. The van der Waals surface area contributed by atoms with Gasteiger partial charge in [-0.1, -0.05) is 0 Å². The lowest BCUT2D eigenvalue weighted by Gasteiger charge is -2.26. The number of ether oxygens (including phenoxy) is 1. The number of nitrogens with zero attached hydrogens (tertiary/aromatic N) is 1. The van der Waals surface area contributed by atoms with Gasteiger partial charge in [-0.3, -0.25) is 9.59 Å². The summed E-state index contributed by atoms with van der Waals surface area (Å²) in [5, 5.41) is 7.16. The topological polar surface area (TPSA) is 101 Å². The number of sulfonamides is 1. The van der Waals surface area contributed by atoms with Gasteiger partial charge in [0, 0.05) is 6.04 Å². The molecule has 0 aromatic rings. The lowest BCUT2D eigenvalue weighted by Crippen LogP contribution is -2.47. The fourth-order valence-electron chi connectivity index (χ4n) is 1.23. The first-order valence-electron chi connectivity index (χ1n) is 5.53. The second kappa shape index (κ2) is 6.69. The van der Waals surface area contributed by atoms with Crippen molar-refractivity contribution < 1.29 is 27.9 Å². The summed E-state index contributed by atoms with van der Waals surface area (Å²) >= 11 is 0. The fourth-order valence-corrected chi connectivity index (χ4v) is 2.76. The van der Waals surface area contributed by atoms with Gasteiger partial charge in [0.2, 0.25) is 10.0 Å². The zero-order valence-electron chi connectivity index (χ0n) is 10.9. The van der Waals surface area contributed by atoms with E-state index in [1.165, 1.54) is 0 Å². The largest absolute Gasteiger partial charge is 0.480 e. The predicted octanol–water partition coefficient (Wildman–Crippen LogP) is 0.0628. The lowest BCUT2D eigenvalue weighted by molar-refractivity contribution is -0.144. The van der Waals surface area contributed by atoms with E-state index in [9.17, 15) is 18.0 Å². The Labute approximate surface area is 107 Å². The first kappa shape index (κ1) is 16.9. The molecule has 0 aromatic heterocycles. The van der Waals surface area contributed by atoms with E-state index in [0.29, 0.717) is 0 Å². The molecule has 0 amide bonds. The molecule has 0 bridgehead atoms. The second-order valence-electron chi connectivity index (χ2n) is 3.97. The van der Waals surface area contributed by atoms with Gasteiger partial charge < -0.3 is 9.84 Å². The Morgan fingerprint density at radius 1 is 1.28 bits per heavy atom. The molecule has 18 heavy (non-hydrogen) atoms. The van der Waals surface area contributed by atoms with Gasteiger partial charge in [0.15, 0.2) is 5.25 Å². The van der Waals surface area contributed by atoms with Gasteiger partial charge in [0.25, 0.3) is 0 Å². The quantitative estimate of drug-likeness (QED) is 0.662. The molecule has 1 unspecified atom stereocenters. The summed E-state index contributed by atoms with van der Waals surface area (Å²) in [7, 11) is -4.08. The second-order valence-corrected chi connectivity index (χ2v) is 6.18. The first-order valence-corrected chi connectivity index (χ1v) is 7.04. The number of hydrogen-bond donors (Lipinski definition) is 1. The molecule has 1 N–H and O–H groups in total. The van der Waals surface area contributed by atoms with Crippen LogP contribution in [0.4, 0.5) is 0 Å². The van der Waals surface area contributed by atoms with Crippen LogP contribution in [-0.4, -0.2) is 54.2 Å². The first-order chi connectivity index (χ1) is 8.14. The van der Waals surface area contributed by atoms with E-state index in [2.05, 4.69) is 4.74 Å². The minimum absolute atomic E-state index is 0.138. The highest BCUT2D eigenvalue weighted by Gasteiger charge is 2.36. The van der Waals surface area contributed by atoms with Crippen molar-refractivity contribution in [2.24, 2.45) is 0 Å². The van der Waals surface area contributed by atoms with E-state index in [1.807, 2.05) is 0 Å². The Balaban J connectivity index is 5.12. The van der Waals surface area contributed by atoms with Crippen LogP contribution in [0.25, 0.3) is 0 Å². The van der Waals surface area contributed by atoms with Gasteiger partial charge in [-0.2, -0.15) is 4.31 Å². The van der Waals surface area contributed by atoms with Crippen molar-refractivity contribution >= 4 is 22.0 Å². The van der Waals surface area contributed by atoms with Gasteiger partial charge in [0.05, 0.1) is 6.61 Å². The van der Waals surface area contributed by atoms with Crippen LogP contribution >= 0.6 is 0 Å². The van der Waals surface area contributed by atoms with Crippen LogP contribution < -0.4 is 0 Å². The Bertz CT molecular complexity index is 403. The Morgan fingerprint density at radius 2 is 1.78 bits per heavy atom. The molecule has 8 heteroatoms. The normalized spacial score (nSPS) is 13.7. The summed E-state index contributed by atoms with van der Waals surface area (Å²) in [4.78, 5) is 22.1. The highest BCUT2D eigenvalue weighted by molar-refractivity contribution is 7.90. The van der Waals surface area contributed by atoms with E-state index in [0.717, 1.165) is 11.2 Å². The molecular weight excluding hydrogens is 262 g/mol. The van der Waals surface area contributed by atoms with Crippen molar-refractivity contribution in [3.05, 3.63) is 0 Å². The van der Waals surface area contributed by atoms with Crippen LogP contribution in [0.3, 0.4) is 0 Å². The fraction of sp³-hybridized carbons (Fsp3) is 0.800. The number of carbonyl (C=O) groups excluding carboxylic acids is 1. The predicted molar refractivity (Wildman–Crippen MR) is 64.5 cm³/mol. The molecule has 7 nitrogen and oxygen atoms in total. The zero-order valence-corrected chi connectivity index (χ0v) is 11.7. The molecule has 0 radical (unpaired) electrons. The van der Waals surface area contributed by atoms with E-state index in [4.69, 9.17) is 5.11 Å². The standard InChI is InChI=1S/C10H19NO6S/c1-5-17-9(12)6-11(7(2)3)18(15,16)8(4)10(13)14/h7-8H,5-6H2,1-4H3,(H,13,14). The number of carbonyl (C=O) groups is 2. The molecule has 0 saturated carbocycles. The van der Waals surface area contributed by atoms with E-state index in [1.54, 1.807) is 20.8 Å². The van der Waals surface area contributed by atoms with Crippen LogP contribution in [-0.2, 0) is 24.3 Å². The molecule has 1 atom stereocenters. The number of aliphatic carboxylic acids is 1. The average molecular weight is 281 g/mol. The Hall–Kier alpha value is -1.15. The number of rotatable bonds is 7. The third-order valence-corrected chi connectivity index (χ3v) is 4.59. The molecule has 0 aliphatic rings. The number of carboxylic acids is 1. The third kappa shape index (κ3) is 4.26. The number of hydrogen-bond acceptors (Lipinski definition) is 5. The van der Waals surface area contributed by atoms with Gasteiger partial charge >= 0.3 is 11.9 Å². The van der Waals surface area contributed by atoms with Gasteiger partial charge in [-0.15, -0.1) is 0 Å². The highest BCUT2D eigenvalue weighted by atomic mass is 32.2. The number of carboxylic acid groups (broad SMARTS) is 1. The van der Waals surface area contributed by atoms with Crippen molar-refractivity contribution in [2.45, 2.75) is 39.0 Å². The average Bonchev–Trinajstić information content (AvgIpc) is 2.24. The van der Waals surface area contributed by atoms with E-state index in [-0.39, 0.29) is 6.61 Å². The van der Waals surface area contributed by atoms with Crippen LogP contribution in [0.5, 0.6) is 0 Å². The monoisotopic (exact) mass is 281 g/mol. The SMILES string of the molecule is CCOC(=O)CN(C(C)C)S(=O)(=O)C(C)C(=O)O. The van der Waals surface area contributed by atoms with Crippen LogP contribution in [0, 0.1) is 0 Å². The van der Waals surface area contributed by atoms with E-state index >= 15 is 0 Å². The van der Waals surface area contributed by atoms with Crippen molar-refractivity contribution in [2.75, 3.05) is 13.2 Å². The Kier molecular flexibility index (Phi) is 6.27. The summed E-state index contributed by atoms with van der Waals surface area (Å²) in [6.45, 7) is 5.45. The minimum atomic E-state index is -4.08. The van der Waals surface area contributed by atoms with Crippen molar-refractivity contribution in [1.82, 2.24) is 4.31 Å². The van der Waals surface area contributed by atoms with Gasteiger partial charge in [-0.25, -0.2) is 8.42 Å². The summed E-state index contributed by atoms with van der Waals surface area (Å²) in [6.07, 6.45) is 0. The third-order valence-electron chi connectivity index (χ3n) is 2.29. The maximum atomic E-state index is 12.0. The summed E-state index contributed by atoms with van der Waals surface area (Å²) < 4.78 is 29.5. The Morgan fingerprint density at radius 3 is 2.11 bits per heavy atom. The maximum Gasteiger partial charge on any atom is 0.323 e. The lowest BCUT2D eigenvalue weighted by atomic mass is 10.4. The maximum absolute atomic E-state index is 12.0. The minimum Gasteiger partial charge on any atom is -0.480 e. The smallest absolute Gasteiger partial charge is 0.323 e. The number of esters is 1. The molecule has 0 aliphatic carbocycles. The van der Waals surface area contributed by atoms with Crippen LogP contribution in [0.15, 0.2) is 0 Å². The molecular formula is C10H19NO6S. The van der Waals surface area contributed by atoms with Gasteiger partial charge in [-0.05, 0) is 27.7 Å². The molecule has 0 rings (SSSR count). The van der Waals surface area contributed by atoms with Gasteiger partial charge in [0.1, 0.15) is 6.54 Å². The molecule has 0 fully saturated rings. The molecule has 0 aliphatic heterocycles. The van der Waals surface area contributed by atoms with Crippen molar-refractivity contribution in [3.63, 3.8) is 0 Å². The molecule has 0 spiro atoms. The van der Waals surface area contributed by atoms with Crippen LogP contribution in [0.1, 0.15) is 27.7 Å². The summed E-state index contributed by atoms with van der Waals surface area (Å²) in [5.41, 5.74) is 0. The molecule has 0 aromatic carbocycles. The van der Waals surface area contributed by atoms with E-state index < -0.39 is 39.8 Å². The highest BCUT2D eigenvalue weighted by Crippen LogP contribution is 2.13. The molecule has 106 valence electrons. The molecule has 0 heterocycles.